The monoisotopic (exact) mass is 435 g/mol. The van der Waals surface area contributed by atoms with E-state index in [2.05, 4.69) is 24.3 Å². The van der Waals surface area contributed by atoms with Crippen LogP contribution in [0.2, 0.25) is 0 Å². The first kappa shape index (κ1) is 23.1. The number of ether oxygens (including phenoxy) is 2. The van der Waals surface area contributed by atoms with Gasteiger partial charge < -0.3 is 14.8 Å². The highest BCUT2D eigenvalue weighted by molar-refractivity contribution is 5.77. The number of aromatic nitrogens is 2. The van der Waals surface area contributed by atoms with Gasteiger partial charge in [0.2, 0.25) is 0 Å². The summed E-state index contributed by atoms with van der Waals surface area (Å²) >= 11 is 0. The van der Waals surface area contributed by atoms with E-state index < -0.39 is 0 Å². The van der Waals surface area contributed by atoms with Gasteiger partial charge >= 0.3 is 0 Å². The molecule has 3 rings (SSSR count). The summed E-state index contributed by atoms with van der Waals surface area (Å²) in [6.07, 6.45) is 0. The average molecular weight is 436 g/mol. The standard InChI is InChI=1S/C25H29N3O4/c1-4-31-21-11-7-20(8-12-21)23-13-14-25(30)28(27-23)16-15-26-24(29)17-32-22-9-5-19(6-10-22)18(2)3/h5-14,18H,4,15-17H2,1-3H3,(H,26,29). The molecule has 1 aromatic heterocycles. The molecule has 7 heteroatoms. The first-order chi connectivity index (χ1) is 15.5. The normalized spacial score (nSPS) is 10.8. The van der Waals surface area contributed by atoms with Crippen molar-refractivity contribution in [2.24, 2.45) is 0 Å². The Hall–Kier alpha value is -3.61. The van der Waals surface area contributed by atoms with E-state index in [4.69, 9.17) is 9.47 Å². The minimum Gasteiger partial charge on any atom is -0.494 e. The van der Waals surface area contributed by atoms with Gasteiger partial charge in [-0.15, -0.1) is 0 Å². The Morgan fingerprint density at radius 3 is 2.28 bits per heavy atom. The van der Waals surface area contributed by atoms with E-state index in [1.165, 1.54) is 16.3 Å². The highest BCUT2D eigenvalue weighted by atomic mass is 16.5. The van der Waals surface area contributed by atoms with Crippen molar-refractivity contribution in [1.29, 1.82) is 0 Å². The molecule has 1 heterocycles. The van der Waals surface area contributed by atoms with Crippen molar-refractivity contribution in [3.8, 4) is 22.8 Å². The summed E-state index contributed by atoms with van der Waals surface area (Å²) < 4.78 is 12.3. The number of benzene rings is 2. The summed E-state index contributed by atoms with van der Waals surface area (Å²) in [6, 6.07) is 18.4. The number of hydrogen-bond acceptors (Lipinski definition) is 5. The molecule has 0 saturated heterocycles. The summed E-state index contributed by atoms with van der Waals surface area (Å²) in [4.78, 5) is 24.2. The van der Waals surface area contributed by atoms with Gasteiger partial charge in [-0.3, -0.25) is 9.59 Å². The predicted molar refractivity (Wildman–Crippen MR) is 124 cm³/mol. The molecule has 0 spiro atoms. The van der Waals surface area contributed by atoms with Crippen molar-refractivity contribution in [2.75, 3.05) is 19.8 Å². The Bertz CT molecular complexity index is 1070. The SMILES string of the molecule is CCOc1ccc(-c2ccc(=O)n(CCNC(=O)COc3ccc(C(C)C)cc3)n2)cc1. The van der Waals surface area contributed by atoms with Gasteiger partial charge in [-0.05, 0) is 60.9 Å². The summed E-state index contributed by atoms with van der Waals surface area (Å²) in [5.41, 5.74) is 2.54. The lowest BCUT2D eigenvalue weighted by molar-refractivity contribution is -0.123. The first-order valence-electron chi connectivity index (χ1n) is 10.8. The van der Waals surface area contributed by atoms with Crippen LogP contribution < -0.4 is 20.3 Å². The van der Waals surface area contributed by atoms with Crippen molar-refractivity contribution in [2.45, 2.75) is 33.2 Å². The summed E-state index contributed by atoms with van der Waals surface area (Å²) in [5, 5.41) is 7.17. The maximum absolute atomic E-state index is 12.1. The summed E-state index contributed by atoms with van der Waals surface area (Å²) in [6.45, 7) is 7.22. The summed E-state index contributed by atoms with van der Waals surface area (Å²) in [5.74, 6) is 1.61. The van der Waals surface area contributed by atoms with E-state index in [1.54, 1.807) is 6.07 Å². The second-order valence-electron chi connectivity index (χ2n) is 7.60. The molecule has 0 fully saturated rings. The van der Waals surface area contributed by atoms with Crippen LogP contribution in [-0.2, 0) is 11.3 Å². The van der Waals surface area contributed by atoms with Crippen LogP contribution in [0.15, 0.2) is 65.5 Å². The fourth-order valence-corrected chi connectivity index (χ4v) is 3.10. The fourth-order valence-electron chi connectivity index (χ4n) is 3.10. The maximum atomic E-state index is 12.1. The molecule has 1 N–H and O–H groups in total. The van der Waals surface area contributed by atoms with Gasteiger partial charge in [0.15, 0.2) is 6.61 Å². The van der Waals surface area contributed by atoms with Crippen molar-refractivity contribution in [3.63, 3.8) is 0 Å². The Morgan fingerprint density at radius 2 is 1.62 bits per heavy atom. The number of amides is 1. The molecule has 1 amide bonds. The minimum atomic E-state index is -0.256. The van der Waals surface area contributed by atoms with E-state index in [1.807, 2.05) is 55.5 Å². The second-order valence-corrected chi connectivity index (χ2v) is 7.60. The molecule has 0 saturated carbocycles. The van der Waals surface area contributed by atoms with E-state index in [0.29, 0.717) is 24.0 Å². The number of nitrogens with one attached hydrogen (secondary N) is 1. The Kier molecular flexibility index (Phi) is 8.02. The van der Waals surface area contributed by atoms with Gasteiger partial charge in [-0.25, -0.2) is 4.68 Å². The average Bonchev–Trinajstić information content (AvgIpc) is 2.80. The van der Waals surface area contributed by atoms with Crippen molar-refractivity contribution in [3.05, 3.63) is 76.6 Å². The number of carbonyl (C=O) groups excluding carboxylic acids is 1. The van der Waals surface area contributed by atoms with Gasteiger partial charge in [-0.1, -0.05) is 26.0 Å². The van der Waals surface area contributed by atoms with E-state index in [9.17, 15) is 9.59 Å². The van der Waals surface area contributed by atoms with Crippen molar-refractivity contribution in [1.82, 2.24) is 15.1 Å². The maximum Gasteiger partial charge on any atom is 0.266 e. The molecule has 168 valence electrons. The van der Waals surface area contributed by atoms with Crippen molar-refractivity contribution >= 4 is 5.91 Å². The molecule has 0 bridgehead atoms. The highest BCUT2D eigenvalue weighted by Crippen LogP contribution is 2.20. The molecule has 0 unspecified atom stereocenters. The Labute approximate surface area is 188 Å². The largest absolute Gasteiger partial charge is 0.494 e. The molecule has 3 aromatic rings. The van der Waals surface area contributed by atoms with Gasteiger partial charge in [0.05, 0.1) is 18.8 Å². The zero-order chi connectivity index (χ0) is 22.9. The van der Waals surface area contributed by atoms with Crippen LogP contribution >= 0.6 is 0 Å². The highest BCUT2D eigenvalue weighted by Gasteiger charge is 2.07. The zero-order valence-electron chi connectivity index (χ0n) is 18.7. The van der Waals surface area contributed by atoms with E-state index in [0.717, 1.165) is 11.3 Å². The molecule has 0 aliphatic carbocycles. The molecule has 7 nitrogen and oxygen atoms in total. The smallest absolute Gasteiger partial charge is 0.266 e. The van der Waals surface area contributed by atoms with Gasteiger partial charge in [0.25, 0.3) is 11.5 Å². The lowest BCUT2D eigenvalue weighted by atomic mass is 10.0. The lowest BCUT2D eigenvalue weighted by Crippen LogP contribution is -2.34. The quantitative estimate of drug-likeness (QED) is 0.526. The number of rotatable bonds is 10. The van der Waals surface area contributed by atoms with Crippen molar-refractivity contribution < 1.29 is 14.3 Å². The molecule has 0 aliphatic heterocycles. The number of nitrogens with zero attached hydrogens (tertiary/aromatic N) is 2. The molecule has 0 aliphatic rings. The third kappa shape index (κ3) is 6.44. The van der Waals surface area contributed by atoms with Crippen LogP contribution in [0.3, 0.4) is 0 Å². The van der Waals surface area contributed by atoms with Crippen LogP contribution in [0, 0.1) is 0 Å². The second kappa shape index (κ2) is 11.1. The van der Waals surface area contributed by atoms with Gasteiger partial charge in [-0.2, -0.15) is 5.10 Å². The topological polar surface area (TPSA) is 82.5 Å². The predicted octanol–water partition coefficient (Wildman–Crippen LogP) is 3.63. The lowest BCUT2D eigenvalue weighted by Gasteiger charge is -2.10. The van der Waals surface area contributed by atoms with Gasteiger partial charge in [0.1, 0.15) is 11.5 Å². The number of carbonyl (C=O) groups is 1. The third-order valence-corrected chi connectivity index (χ3v) is 4.89. The minimum absolute atomic E-state index is 0.0877. The molecule has 0 radical (unpaired) electrons. The fraction of sp³-hybridized carbons (Fsp3) is 0.320. The first-order valence-corrected chi connectivity index (χ1v) is 10.8. The Morgan fingerprint density at radius 1 is 0.969 bits per heavy atom. The van der Waals surface area contributed by atoms with Crippen LogP contribution in [0.5, 0.6) is 11.5 Å². The molecule has 2 aromatic carbocycles. The molecule has 0 atom stereocenters. The third-order valence-electron chi connectivity index (χ3n) is 4.89. The van der Waals surface area contributed by atoms with Crippen LogP contribution in [-0.4, -0.2) is 35.4 Å². The van der Waals surface area contributed by atoms with E-state index in [-0.39, 0.29) is 31.2 Å². The molecule has 32 heavy (non-hydrogen) atoms. The van der Waals surface area contributed by atoms with Crippen LogP contribution in [0.4, 0.5) is 0 Å². The molecular formula is C25H29N3O4. The summed E-state index contributed by atoms with van der Waals surface area (Å²) in [7, 11) is 0. The number of hydrogen-bond donors (Lipinski definition) is 1. The van der Waals surface area contributed by atoms with Gasteiger partial charge in [0, 0.05) is 18.2 Å². The molecular weight excluding hydrogens is 406 g/mol. The van der Waals surface area contributed by atoms with E-state index >= 15 is 0 Å². The van der Waals surface area contributed by atoms with Crippen LogP contribution in [0.1, 0.15) is 32.3 Å². The zero-order valence-corrected chi connectivity index (χ0v) is 18.7. The Balaban J connectivity index is 1.51. The van der Waals surface area contributed by atoms with Crippen LogP contribution in [0.25, 0.3) is 11.3 Å².